The fourth-order valence-electron chi connectivity index (χ4n) is 2.59. The van der Waals surface area contributed by atoms with E-state index in [0.717, 1.165) is 16.9 Å². The van der Waals surface area contributed by atoms with Crippen molar-refractivity contribution in [2.24, 2.45) is 0 Å². The van der Waals surface area contributed by atoms with Gasteiger partial charge in [-0.3, -0.25) is 4.79 Å². The van der Waals surface area contributed by atoms with Crippen LogP contribution in [0.4, 0.5) is 5.69 Å². The second kappa shape index (κ2) is 5.31. The van der Waals surface area contributed by atoms with Gasteiger partial charge in [-0.25, -0.2) is 4.98 Å². The van der Waals surface area contributed by atoms with Crippen LogP contribution < -0.4 is 14.8 Å². The van der Waals surface area contributed by atoms with Crippen LogP contribution in [0.1, 0.15) is 5.82 Å². The van der Waals surface area contributed by atoms with E-state index in [1.807, 2.05) is 43.3 Å². The number of ether oxygens (including phenoxy) is 2. The zero-order valence-corrected chi connectivity index (χ0v) is 12.5. The molecular weight excluding hydrogens is 294 g/mol. The molecule has 1 aromatic heterocycles. The molecule has 3 aromatic rings. The number of benzene rings is 2. The van der Waals surface area contributed by atoms with Crippen molar-refractivity contribution in [1.82, 2.24) is 9.97 Å². The molecule has 0 bridgehead atoms. The number of imidazole rings is 1. The van der Waals surface area contributed by atoms with Crippen molar-refractivity contribution < 1.29 is 14.3 Å². The highest BCUT2D eigenvalue weighted by Gasteiger charge is 2.27. The van der Waals surface area contributed by atoms with E-state index in [0.29, 0.717) is 17.2 Å². The molecule has 0 unspecified atom stereocenters. The third-order valence-electron chi connectivity index (χ3n) is 3.67. The number of anilines is 1. The van der Waals surface area contributed by atoms with Gasteiger partial charge in [0.05, 0.1) is 11.0 Å². The van der Waals surface area contributed by atoms with Crippen molar-refractivity contribution in [1.29, 1.82) is 0 Å². The second-order valence-electron chi connectivity index (χ2n) is 5.41. The molecule has 0 saturated carbocycles. The van der Waals surface area contributed by atoms with Crippen molar-refractivity contribution in [2.45, 2.75) is 13.0 Å². The highest BCUT2D eigenvalue weighted by Crippen LogP contribution is 2.31. The van der Waals surface area contributed by atoms with E-state index in [2.05, 4.69) is 15.3 Å². The van der Waals surface area contributed by atoms with Gasteiger partial charge in [-0.05, 0) is 37.3 Å². The molecule has 4 rings (SSSR count). The minimum absolute atomic E-state index is 0.189. The molecular formula is C17H15N3O3. The molecule has 6 nitrogen and oxygen atoms in total. The zero-order chi connectivity index (χ0) is 15.8. The fraction of sp³-hybridized carbons (Fsp3) is 0.176. The number of para-hydroxylation sites is 2. The van der Waals surface area contributed by atoms with Crippen LogP contribution in [0.2, 0.25) is 0 Å². The van der Waals surface area contributed by atoms with Gasteiger partial charge in [-0.15, -0.1) is 0 Å². The topological polar surface area (TPSA) is 76.2 Å². The van der Waals surface area contributed by atoms with Crippen LogP contribution in [0.25, 0.3) is 11.0 Å². The number of nitrogens with one attached hydrogen (secondary N) is 2. The van der Waals surface area contributed by atoms with E-state index in [9.17, 15) is 4.79 Å². The summed E-state index contributed by atoms with van der Waals surface area (Å²) in [6.45, 7) is 2.08. The molecule has 0 aliphatic carbocycles. The van der Waals surface area contributed by atoms with Crippen LogP contribution in [0.15, 0.2) is 42.5 Å². The van der Waals surface area contributed by atoms with Gasteiger partial charge in [0.1, 0.15) is 12.4 Å². The minimum atomic E-state index is -0.677. The Balaban J connectivity index is 1.51. The monoisotopic (exact) mass is 309 g/mol. The van der Waals surface area contributed by atoms with E-state index >= 15 is 0 Å². The maximum Gasteiger partial charge on any atom is 0.269 e. The Hall–Kier alpha value is -3.02. The van der Waals surface area contributed by atoms with Crippen LogP contribution in [0.5, 0.6) is 11.5 Å². The average Bonchev–Trinajstić information content (AvgIpc) is 2.93. The molecule has 2 aromatic carbocycles. The number of aromatic nitrogens is 2. The molecule has 1 amide bonds. The van der Waals surface area contributed by atoms with Crippen molar-refractivity contribution in [3.8, 4) is 11.5 Å². The van der Waals surface area contributed by atoms with Crippen molar-refractivity contribution >= 4 is 22.6 Å². The Labute approximate surface area is 132 Å². The standard InChI is InChI=1S/C17H15N3O3/c1-10-18-12-7-6-11(8-13(12)19-10)20-17(21)16-9-22-14-4-2-3-5-15(14)23-16/h2-8,16H,9H2,1H3,(H,18,19)(H,20,21)/t16-/m1/s1. The third-order valence-corrected chi connectivity index (χ3v) is 3.67. The van der Waals surface area contributed by atoms with E-state index in [1.54, 1.807) is 6.07 Å². The number of rotatable bonds is 2. The molecule has 6 heteroatoms. The summed E-state index contributed by atoms with van der Waals surface area (Å²) in [6, 6.07) is 12.8. The Morgan fingerprint density at radius 3 is 2.96 bits per heavy atom. The molecule has 2 heterocycles. The summed E-state index contributed by atoms with van der Waals surface area (Å²) in [5.41, 5.74) is 2.44. The van der Waals surface area contributed by atoms with Gasteiger partial charge in [0, 0.05) is 5.69 Å². The van der Waals surface area contributed by atoms with E-state index in [1.165, 1.54) is 0 Å². The smallest absolute Gasteiger partial charge is 0.269 e. The molecule has 1 aliphatic rings. The highest BCUT2D eigenvalue weighted by atomic mass is 16.6. The first kappa shape index (κ1) is 13.6. The van der Waals surface area contributed by atoms with Gasteiger partial charge < -0.3 is 19.8 Å². The SMILES string of the molecule is Cc1nc2ccc(NC(=O)[C@H]3COc4ccccc4O3)cc2[nH]1. The lowest BCUT2D eigenvalue weighted by Crippen LogP contribution is -2.40. The summed E-state index contributed by atoms with van der Waals surface area (Å²) in [5, 5.41) is 2.85. The lowest BCUT2D eigenvalue weighted by molar-refractivity contribution is -0.125. The van der Waals surface area contributed by atoms with E-state index in [4.69, 9.17) is 9.47 Å². The Morgan fingerprint density at radius 2 is 2.09 bits per heavy atom. The second-order valence-corrected chi connectivity index (χ2v) is 5.41. The van der Waals surface area contributed by atoms with Gasteiger partial charge in [0.2, 0.25) is 6.10 Å². The average molecular weight is 309 g/mol. The highest BCUT2D eigenvalue weighted by molar-refractivity contribution is 5.96. The van der Waals surface area contributed by atoms with Gasteiger partial charge in [0.15, 0.2) is 11.5 Å². The van der Waals surface area contributed by atoms with Crippen molar-refractivity contribution in [3.63, 3.8) is 0 Å². The molecule has 116 valence electrons. The lowest BCUT2D eigenvalue weighted by Gasteiger charge is -2.25. The predicted octanol–water partition coefficient (Wildman–Crippen LogP) is 2.65. The number of hydrogen-bond acceptors (Lipinski definition) is 4. The number of fused-ring (bicyclic) bond motifs is 2. The first-order valence-electron chi connectivity index (χ1n) is 7.35. The number of carbonyl (C=O) groups is 1. The van der Waals surface area contributed by atoms with Gasteiger partial charge in [-0.2, -0.15) is 0 Å². The van der Waals surface area contributed by atoms with Crippen LogP contribution in [-0.4, -0.2) is 28.6 Å². The number of amides is 1. The molecule has 1 atom stereocenters. The van der Waals surface area contributed by atoms with Gasteiger partial charge in [0.25, 0.3) is 5.91 Å². The number of aromatic amines is 1. The normalized spacial score (nSPS) is 16.3. The quantitative estimate of drug-likeness (QED) is 0.763. The first-order chi connectivity index (χ1) is 11.2. The lowest BCUT2D eigenvalue weighted by atomic mass is 10.2. The fourth-order valence-corrected chi connectivity index (χ4v) is 2.59. The number of nitrogens with zero attached hydrogens (tertiary/aromatic N) is 1. The summed E-state index contributed by atoms with van der Waals surface area (Å²) >= 11 is 0. The predicted molar refractivity (Wildman–Crippen MR) is 85.8 cm³/mol. The maximum atomic E-state index is 12.4. The van der Waals surface area contributed by atoms with Crippen LogP contribution in [-0.2, 0) is 4.79 Å². The van der Waals surface area contributed by atoms with Gasteiger partial charge in [-0.1, -0.05) is 12.1 Å². The number of hydrogen-bond donors (Lipinski definition) is 2. The molecule has 0 spiro atoms. The first-order valence-corrected chi connectivity index (χ1v) is 7.35. The summed E-state index contributed by atoms with van der Waals surface area (Å²) < 4.78 is 11.3. The summed E-state index contributed by atoms with van der Waals surface area (Å²) in [7, 11) is 0. The van der Waals surface area contributed by atoms with Crippen LogP contribution in [0.3, 0.4) is 0 Å². The maximum absolute atomic E-state index is 12.4. The van der Waals surface area contributed by atoms with Crippen LogP contribution in [0, 0.1) is 6.92 Å². The third kappa shape index (κ3) is 2.59. The molecule has 2 N–H and O–H groups in total. The van der Waals surface area contributed by atoms with E-state index < -0.39 is 6.10 Å². The molecule has 23 heavy (non-hydrogen) atoms. The van der Waals surface area contributed by atoms with Crippen molar-refractivity contribution in [3.05, 3.63) is 48.3 Å². The zero-order valence-electron chi connectivity index (χ0n) is 12.5. The summed E-state index contributed by atoms with van der Waals surface area (Å²) in [4.78, 5) is 19.9. The molecule has 0 radical (unpaired) electrons. The Kier molecular flexibility index (Phi) is 3.15. The van der Waals surface area contributed by atoms with E-state index in [-0.39, 0.29) is 12.5 Å². The summed E-state index contributed by atoms with van der Waals surface area (Å²) in [5.74, 6) is 1.84. The van der Waals surface area contributed by atoms with Crippen LogP contribution >= 0.6 is 0 Å². The Bertz CT molecular complexity index is 888. The van der Waals surface area contributed by atoms with Gasteiger partial charge >= 0.3 is 0 Å². The Morgan fingerprint density at radius 1 is 1.26 bits per heavy atom. The van der Waals surface area contributed by atoms with Crippen molar-refractivity contribution in [2.75, 3.05) is 11.9 Å². The number of aryl methyl sites for hydroxylation is 1. The molecule has 0 fully saturated rings. The minimum Gasteiger partial charge on any atom is -0.485 e. The number of carbonyl (C=O) groups excluding carboxylic acids is 1. The largest absolute Gasteiger partial charge is 0.485 e. The molecule has 1 aliphatic heterocycles. The number of H-pyrrole nitrogens is 1. The summed E-state index contributed by atoms with van der Waals surface area (Å²) in [6.07, 6.45) is -0.677. The molecule has 0 saturated heterocycles.